The first-order valence-corrected chi connectivity index (χ1v) is 4.01. The topological polar surface area (TPSA) is 17.1 Å². The summed E-state index contributed by atoms with van der Waals surface area (Å²) in [6, 6.07) is 0. The van der Waals surface area contributed by atoms with Gasteiger partial charge < -0.3 is 0 Å². The van der Waals surface area contributed by atoms with Crippen LogP contribution in [-0.4, -0.2) is 5.78 Å². The summed E-state index contributed by atoms with van der Waals surface area (Å²) in [5, 5.41) is 0. The van der Waals surface area contributed by atoms with Gasteiger partial charge in [0.05, 0.1) is 0 Å². The van der Waals surface area contributed by atoms with Crippen LogP contribution >= 0.6 is 0 Å². The fourth-order valence-electron chi connectivity index (χ4n) is 0.795. The molecule has 1 heteroatoms. The number of carbonyl (C=O) groups excluding carboxylic acids is 1. The van der Waals surface area contributed by atoms with E-state index in [1.54, 1.807) is 6.92 Å². The van der Waals surface area contributed by atoms with Gasteiger partial charge in [-0.25, -0.2) is 0 Å². The van der Waals surface area contributed by atoms with Crippen molar-refractivity contribution in [2.24, 2.45) is 5.41 Å². The minimum absolute atomic E-state index is 0.0873. The van der Waals surface area contributed by atoms with E-state index in [0.29, 0.717) is 5.78 Å². The van der Waals surface area contributed by atoms with Crippen LogP contribution in [0.2, 0.25) is 0 Å². The minimum Gasteiger partial charge on any atom is -0.299 e. The average Bonchev–Trinajstić information content (AvgIpc) is 1.84. The van der Waals surface area contributed by atoms with Crippen LogP contribution in [0.1, 0.15) is 47.0 Å². The molecule has 0 rings (SSSR count). The van der Waals surface area contributed by atoms with Gasteiger partial charge in [-0.15, -0.1) is 0 Å². The molecule has 0 fully saturated rings. The molecule has 0 unspecified atom stereocenters. The Kier molecular flexibility index (Phi) is 3.62. The summed E-state index contributed by atoms with van der Waals surface area (Å²) in [6.45, 7) is 7.86. The summed E-state index contributed by atoms with van der Waals surface area (Å²) in [6.07, 6.45) is 3.36. The summed E-state index contributed by atoms with van der Waals surface area (Å²) in [5.74, 6) is 0.306. The largest absolute Gasteiger partial charge is 0.299 e. The van der Waals surface area contributed by atoms with E-state index < -0.39 is 0 Å². The molecule has 0 aromatic heterocycles. The fourth-order valence-corrected chi connectivity index (χ4v) is 0.795. The molecule has 0 atom stereocenters. The Labute approximate surface area is 63.8 Å². The molecule has 10 heavy (non-hydrogen) atoms. The molecule has 0 aliphatic heterocycles. The zero-order chi connectivity index (χ0) is 8.20. The molecule has 0 amide bonds. The Morgan fingerprint density at radius 3 is 2.20 bits per heavy atom. The van der Waals surface area contributed by atoms with Crippen molar-refractivity contribution in [3.63, 3.8) is 0 Å². The van der Waals surface area contributed by atoms with Gasteiger partial charge in [0.25, 0.3) is 0 Å². The van der Waals surface area contributed by atoms with E-state index in [2.05, 4.69) is 6.92 Å². The van der Waals surface area contributed by atoms with Crippen LogP contribution in [0.3, 0.4) is 0 Å². The van der Waals surface area contributed by atoms with E-state index >= 15 is 0 Å². The monoisotopic (exact) mass is 142 g/mol. The van der Waals surface area contributed by atoms with Crippen LogP contribution in [0.5, 0.6) is 0 Å². The highest BCUT2D eigenvalue weighted by molar-refractivity contribution is 5.81. The van der Waals surface area contributed by atoms with Gasteiger partial charge >= 0.3 is 0 Å². The maximum atomic E-state index is 11.0. The number of carbonyl (C=O) groups is 1. The van der Waals surface area contributed by atoms with Gasteiger partial charge in [-0.05, 0) is 13.3 Å². The van der Waals surface area contributed by atoms with Gasteiger partial charge in [-0.3, -0.25) is 4.79 Å². The highest BCUT2D eigenvalue weighted by atomic mass is 16.1. The number of rotatable bonds is 4. The van der Waals surface area contributed by atoms with Gasteiger partial charge in [0.2, 0.25) is 0 Å². The first-order valence-electron chi connectivity index (χ1n) is 4.01. The van der Waals surface area contributed by atoms with Crippen LogP contribution < -0.4 is 0 Å². The third-order valence-electron chi connectivity index (χ3n) is 2.11. The summed E-state index contributed by atoms with van der Waals surface area (Å²) in [4.78, 5) is 11.0. The Hall–Kier alpha value is -0.330. The molecule has 0 N–H and O–H groups in total. The SMILES string of the molecule is CCCCC(C)(C)C(C)=O. The van der Waals surface area contributed by atoms with Gasteiger partial charge in [0.15, 0.2) is 0 Å². The third-order valence-corrected chi connectivity index (χ3v) is 2.11. The fraction of sp³-hybridized carbons (Fsp3) is 0.889. The molecule has 0 aliphatic carbocycles. The van der Waals surface area contributed by atoms with Crippen molar-refractivity contribution in [3.05, 3.63) is 0 Å². The number of Topliss-reactive ketones (excluding diaryl/α,β-unsaturated/α-hetero) is 1. The van der Waals surface area contributed by atoms with Crippen LogP contribution in [0.15, 0.2) is 0 Å². The third kappa shape index (κ3) is 3.00. The molecule has 0 aromatic rings. The first kappa shape index (κ1) is 9.67. The quantitative estimate of drug-likeness (QED) is 0.590. The molecule has 0 saturated heterocycles. The Bertz CT molecular complexity index is 114. The lowest BCUT2D eigenvalue weighted by atomic mass is 9.84. The summed E-state index contributed by atoms with van der Waals surface area (Å²) < 4.78 is 0. The highest BCUT2D eigenvalue weighted by Crippen LogP contribution is 2.23. The van der Waals surface area contributed by atoms with Crippen molar-refractivity contribution in [3.8, 4) is 0 Å². The molecule has 0 aromatic carbocycles. The lowest BCUT2D eigenvalue weighted by molar-refractivity contribution is -0.125. The standard InChI is InChI=1S/C9H18O/c1-5-6-7-9(3,4)8(2)10/h5-7H2,1-4H3. The summed E-state index contributed by atoms with van der Waals surface area (Å²) in [7, 11) is 0. The molecule has 0 bridgehead atoms. The number of unbranched alkanes of at least 4 members (excludes halogenated alkanes) is 1. The second-order valence-corrected chi connectivity index (χ2v) is 3.54. The van der Waals surface area contributed by atoms with E-state index in [-0.39, 0.29) is 5.41 Å². The Morgan fingerprint density at radius 2 is 1.90 bits per heavy atom. The van der Waals surface area contributed by atoms with Crippen LogP contribution in [0.4, 0.5) is 0 Å². The Balaban J connectivity index is 3.75. The molecular weight excluding hydrogens is 124 g/mol. The first-order chi connectivity index (χ1) is 4.50. The smallest absolute Gasteiger partial charge is 0.135 e. The predicted octanol–water partition coefficient (Wildman–Crippen LogP) is 2.79. The van der Waals surface area contributed by atoms with E-state index in [0.717, 1.165) is 12.8 Å². The van der Waals surface area contributed by atoms with Crippen molar-refractivity contribution in [1.29, 1.82) is 0 Å². The van der Waals surface area contributed by atoms with Crippen molar-refractivity contribution in [1.82, 2.24) is 0 Å². The maximum absolute atomic E-state index is 11.0. The lowest BCUT2D eigenvalue weighted by Gasteiger charge is -2.19. The van der Waals surface area contributed by atoms with Gasteiger partial charge in [-0.2, -0.15) is 0 Å². The van der Waals surface area contributed by atoms with Gasteiger partial charge in [0.1, 0.15) is 5.78 Å². The van der Waals surface area contributed by atoms with E-state index in [1.165, 1.54) is 6.42 Å². The molecule has 0 aliphatic rings. The minimum atomic E-state index is -0.0873. The molecule has 0 radical (unpaired) electrons. The highest BCUT2D eigenvalue weighted by Gasteiger charge is 2.21. The Morgan fingerprint density at radius 1 is 1.40 bits per heavy atom. The average molecular weight is 142 g/mol. The van der Waals surface area contributed by atoms with Crippen molar-refractivity contribution in [2.75, 3.05) is 0 Å². The lowest BCUT2D eigenvalue weighted by Crippen LogP contribution is -2.20. The maximum Gasteiger partial charge on any atom is 0.135 e. The van der Waals surface area contributed by atoms with Gasteiger partial charge in [-0.1, -0.05) is 33.6 Å². The van der Waals surface area contributed by atoms with Crippen molar-refractivity contribution in [2.45, 2.75) is 47.0 Å². The second kappa shape index (κ2) is 3.75. The number of hydrogen-bond donors (Lipinski definition) is 0. The zero-order valence-corrected chi connectivity index (χ0v) is 7.53. The van der Waals surface area contributed by atoms with E-state index in [9.17, 15) is 4.79 Å². The van der Waals surface area contributed by atoms with Crippen molar-refractivity contribution >= 4 is 5.78 Å². The zero-order valence-electron chi connectivity index (χ0n) is 7.53. The normalized spacial score (nSPS) is 11.6. The second-order valence-electron chi connectivity index (χ2n) is 3.54. The van der Waals surface area contributed by atoms with Crippen molar-refractivity contribution < 1.29 is 4.79 Å². The molecule has 0 spiro atoms. The predicted molar refractivity (Wildman–Crippen MR) is 44.0 cm³/mol. The molecule has 0 saturated carbocycles. The van der Waals surface area contributed by atoms with E-state index in [4.69, 9.17) is 0 Å². The summed E-state index contributed by atoms with van der Waals surface area (Å²) in [5.41, 5.74) is -0.0873. The molecule has 60 valence electrons. The van der Waals surface area contributed by atoms with Crippen LogP contribution in [-0.2, 0) is 4.79 Å². The van der Waals surface area contributed by atoms with Gasteiger partial charge in [0, 0.05) is 5.41 Å². The molecular formula is C9H18O. The summed E-state index contributed by atoms with van der Waals surface area (Å²) >= 11 is 0. The number of hydrogen-bond acceptors (Lipinski definition) is 1. The van der Waals surface area contributed by atoms with Crippen LogP contribution in [0.25, 0.3) is 0 Å². The molecule has 1 nitrogen and oxygen atoms in total. The number of ketones is 1. The van der Waals surface area contributed by atoms with Crippen LogP contribution in [0, 0.1) is 5.41 Å². The molecule has 0 heterocycles. The van der Waals surface area contributed by atoms with E-state index in [1.807, 2.05) is 13.8 Å².